The lowest BCUT2D eigenvalue weighted by molar-refractivity contribution is -0.159. The molecule has 26 heavy (non-hydrogen) atoms. The molecule has 0 aromatic carbocycles. The Morgan fingerprint density at radius 3 is 2.04 bits per heavy atom. The van der Waals surface area contributed by atoms with Gasteiger partial charge in [0, 0.05) is 13.0 Å². The minimum absolute atomic E-state index is 0.0441. The molecule has 5 heteroatoms. The maximum absolute atomic E-state index is 15.2. The molecule has 1 N–H and O–H groups in total. The van der Waals surface area contributed by atoms with Crippen LogP contribution in [0.3, 0.4) is 0 Å². The molecular weight excluding hydrogens is 344 g/mol. The predicted octanol–water partition coefficient (Wildman–Crippen LogP) is 6.59. The Bertz CT molecular complexity index is 382. The van der Waals surface area contributed by atoms with E-state index in [0.717, 1.165) is 45.6 Å². The van der Waals surface area contributed by atoms with Gasteiger partial charge in [-0.1, -0.05) is 52.9 Å². The van der Waals surface area contributed by atoms with Crippen LogP contribution in [-0.2, 0) is 0 Å². The number of hydrogen-bond donors (Lipinski definition) is 1. The molecule has 156 valence electrons. The molecule has 0 radical (unpaired) electrons. The van der Waals surface area contributed by atoms with Crippen molar-refractivity contribution in [2.45, 2.75) is 96.8 Å². The van der Waals surface area contributed by atoms with E-state index in [1.807, 2.05) is 6.92 Å². The standard InChI is InChI=1S/C20H34F4.CH4O/c1-4-15-8-10-16(11-9-15)17-12-13(2)6-5-7-18(21)19(22)14(3)20(17,23)24;1-2/h13-19H,4-12H2,1-3H3;2H,1H3. The number of aliphatic hydroxyl groups is 1. The molecule has 0 aliphatic heterocycles. The second-order valence-corrected chi connectivity index (χ2v) is 8.49. The number of halogens is 4. The van der Waals surface area contributed by atoms with Crippen molar-refractivity contribution < 1.29 is 22.7 Å². The third-order valence-corrected chi connectivity index (χ3v) is 6.80. The van der Waals surface area contributed by atoms with Crippen molar-refractivity contribution in [3.8, 4) is 0 Å². The largest absolute Gasteiger partial charge is 0.400 e. The van der Waals surface area contributed by atoms with Crippen LogP contribution in [0.5, 0.6) is 0 Å². The van der Waals surface area contributed by atoms with Gasteiger partial charge < -0.3 is 5.11 Å². The van der Waals surface area contributed by atoms with Crippen LogP contribution in [0.15, 0.2) is 0 Å². The third kappa shape index (κ3) is 5.84. The van der Waals surface area contributed by atoms with Gasteiger partial charge in [-0.3, -0.25) is 0 Å². The fourth-order valence-electron chi connectivity index (χ4n) is 4.90. The topological polar surface area (TPSA) is 20.2 Å². The number of rotatable bonds is 2. The van der Waals surface area contributed by atoms with Gasteiger partial charge in [0.05, 0.1) is 5.92 Å². The molecule has 0 aromatic rings. The van der Waals surface area contributed by atoms with Gasteiger partial charge in [-0.15, -0.1) is 0 Å². The average molecular weight is 383 g/mol. The van der Waals surface area contributed by atoms with Gasteiger partial charge in [0.15, 0.2) is 0 Å². The lowest BCUT2D eigenvalue weighted by Crippen LogP contribution is -2.47. The molecule has 2 aliphatic carbocycles. The molecule has 1 nitrogen and oxygen atoms in total. The van der Waals surface area contributed by atoms with Gasteiger partial charge in [-0.2, -0.15) is 0 Å². The van der Waals surface area contributed by atoms with E-state index >= 15 is 8.78 Å². The molecule has 0 spiro atoms. The Morgan fingerprint density at radius 1 is 0.923 bits per heavy atom. The molecule has 0 amide bonds. The van der Waals surface area contributed by atoms with E-state index in [9.17, 15) is 8.78 Å². The van der Waals surface area contributed by atoms with Crippen molar-refractivity contribution in [2.24, 2.45) is 29.6 Å². The summed E-state index contributed by atoms with van der Waals surface area (Å²) >= 11 is 0. The van der Waals surface area contributed by atoms with Gasteiger partial charge in [-0.05, 0) is 43.4 Å². The fraction of sp³-hybridized carbons (Fsp3) is 1.00. The van der Waals surface area contributed by atoms with Gasteiger partial charge >= 0.3 is 0 Å². The molecule has 0 heterocycles. The summed E-state index contributed by atoms with van der Waals surface area (Å²) < 4.78 is 58.7. The Labute approximate surface area is 156 Å². The fourth-order valence-corrected chi connectivity index (χ4v) is 4.90. The minimum atomic E-state index is -3.13. The highest BCUT2D eigenvalue weighted by atomic mass is 19.3. The van der Waals surface area contributed by atoms with E-state index in [2.05, 4.69) is 6.92 Å². The quantitative estimate of drug-likeness (QED) is 0.535. The predicted molar refractivity (Wildman–Crippen MR) is 98.9 cm³/mol. The molecule has 2 fully saturated rings. The summed E-state index contributed by atoms with van der Waals surface area (Å²) in [6.45, 7) is 5.36. The monoisotopic (exact) mass is 382 g/mol. The van der Waals surface area contributed by atoms with E-state index in [4.69, 9.17) is 5.11 Å². The smallest absolute Gasteiger partial charge is 0.256 e. The van der Waals surface area contributed by atoms with Crippen LogP contribution >= 0.6 is 0 Å². The van der Waals surface area contributed by atoms with Crippen molar-refractivity contribution in [3.63, 3.8) is 0 Å². The first-order valence-corrected chi connectivity index (χ1v) is 10.4. The van der Waals surface area contributed by atoms with Crippen LogP contribution in [0.1, 0.15) is 78.6 Å². The van der Waals surface area contributed by atoms with E-state index in [1.54, 1.807) is 0 Å². The first-order chi connectivity index (χ1) is 12.3. The molecular formula is C21H38F4O. The van der Waals surface area contributed by atoms with Crippen molar-refractivity contribution in [3.05, 3.63) is 0 Å². The van der Waals surface area contributed by atoms with Crippen LogP contribution in [0.25, 0.3) is 0 Å². The van der Waals surface area contributed by atoms with Crippen molar-refractivity contribution in [2.75, 3.05) is 7.11 Å². The molecule has 0 aromatic heterocycles. The van der Waals surface area contributed by atoms with E-state index in [-0.39, 0.29) is 18.3 Å². The summed E-state index contributed by atoms with van der Waals surface area (Å²) in [6.07, 6.45) is 2.76. The zero-order valence-corrected chi connectivity index (χ0v) is 16.9. The highest BCUT2D eigenvalue weighted by molar-refractivity contribution is 4.94. The first-order valence-electron chi connectivity index (χ1n) is 10.4. The van der Waals surface area contributed by atoms with E-state index in [0.29, 0.717) is 18.8 Å². The van der Waals surface area contributed by atoms with Crippen LogP contribution in [-0.4, -0.2) is 30.5 Å². The molecule has 0 saturated heterocycles. The second-order valence-electron chi connectivity index (χ2n) is 8.49. The number of alkyl halides is 4. The van der Waals surface area contributed by atoms with E-state index < -0.39 is 30.1 Å². The summed E-state index contributed by atoms with van der Waals surface area (Å²) in [4.78, 5) is 0. The van der Waals surface area contributed by atoms with Crippen LogP contribution < -0.4 is 0 Å². The minimum Gasteiger partial charge on any atom is -0.400 e. The van der Waals surface area contributed by atoms with Crippen LogP contribution in [0.2, 0.25) is 0 Å². The Morgan fingerprint density at radius 2 is 1.50 bits per heavy atom. The maximum Gasteiger partial charge on any atom is 0.256 e. The Kier molecular flexibility index (Phi) is 9.92. The zero-order valence-electron chi connectivity index (χ0n) is 16.9. The lowest BCUT2D eigenvalue weighted by Gasteiger charge is -2.42. The zero-order chi connectivity index (χ0) is 19.9. The molecule has 0 bridgehead atoms. The Hall–Kier alpha value is -0.320. The van der Waals surface area contributed by atoms with Crippen LogP contribution in [0, 0.1) is 29.6 Å². The van der Waals surface area contributed by atoms with Crippen molar-refractivity contribution in [1.29, 1.82) is 0 Å². The highest BCUT2D eigenvalue weighted by Gasteiger charge is 2.53. The average Bonchev–Trinajstić information content (AvgIpc) is 2.65. The summed E-state index contributed by atoms with van der Waals surface area (Å²) in [5.41, 5.74) is 0. The van der Waals surface area contributed by atoms with E-state index in [1.165, 1.54) is 6.92 Å². The third-order valence-electron chi connectivity index (χ3n) is 6.80. The summed E-state index contributed by atoms with van der Waals surface area (Å²) in [6, 6.07) is 0. The molecule has 5 atom stereocenters. The summed E-state index contributed by atoms with van der Waals surface area (Å²) in [7, 11) is 1.00. The van der Waals surface area contributed by atoms with Crippen molar-refractivity contribution >= 4 is 0 Å². The second kappa shape index (κ2) is 10.9. The number of hydrogen-bond acceptors (Lipinski definition) is 1. The van der Waals surface area contributed by atoms with Crippen molar-refractivity contribution in [1.82, 2.24) is 0 Å². The molecule has 2 rings (SSSR count). The highest BCUT2D eigenvalue weighted by Crippen LogP contribution is 2.49. The van der Waals surface area contributed by atoms with Gasteiger partial charge in [0.25, 0.3) is 5.92 Å². The van der Waals surface area contributed by atoms with Gasteiger partial charge in [0.1, 0.15) is 12.3 Å². The SMILES string of the molecule is CCC1CCC(C2CC(C)CCCC(F)C(F)C(C)C2(F)F)CC1.CO. The summed E-state index contributed by atoms with van der Waals surface area (Å²) in [5, 5.41) is 7.00. The lowest BCUT2D eigenvalue weighted by atomic mass is 9.67. The maximum atomic E-state index is 15.2. The summed E-state index contributed by atoms with van der Waals surface area (Å²) in [5.74, 6) is -4.71. The Balaban J connectivity index is 0.00000163. The molecule has 2 aliphatic rings. The molecule has 2 saturated carbocycles. The normalized spacial score (nSPS) is 41.7. The van der Waals surface area contributed by atoms with Gasteiger partial charge in [-0.25, -0.2) is 17.6 Å². The van der Waals surface area contributed by atoms with Crippen LogP contribution in [0.4, 0.5) is 17.6 Å². The van der Waals surface area contributed by atoms with Gasteiger partial charge in [0.2, 0.25) is 0 Å². The molecule has 5 unspecified atom stereocenters. The number of aliphatic hydroxyl groups excluding tert-OH is 1. The first kappa shape index (κ1) is 23.7.